The number of halogens is 1. The molecular weight excluding hydrogens is 471 g/mol. The highest BCUT2D eigenvalue weighted by Gasteiger charge is 2.41. The Morgan fingerprint density at radius 3 is 2.80 bits per heavy atom. The molecule has 10 heteroatoms. The van der Waals surface area contributed by atoms with E-state index >= 15 is 0 Å². The van der Waals surface area contributed by atoms with E-state index in [4.69, 9.17) is 9.47 Å². The Kier molecular flexibility index (Phi) is 7.94. The van der Waals surface area contributed by atoms with E-state index in [-0.39, 0.29) is 31.1 Å². The van der Waals surface area contributed by atoms with Crippen LogP contribution in [0.4, 0.5) is 4.39 Å². The minimum atomic E-state index is -0.696. The third kappa shape index (κ3) is 5.77. The number of fused-ring (bicyclic) bond motifs is 1. The van der Waals surface area contributed by atoms with Gasteiger partial charge in [-0.1, -0.05) is 30.0 Å². The fraction of sp³-hybridized carbons (Fsp3) is 0.280. The van der Waals surface area contributed by atoms with Crippen LogP contribution in [0.25, 0.3) is 0 Å². The molecule has 3 heterocycles. The molecule has 35 heavy (non-hydrogen) atoms. The van der Waals surface area contributed by atoms with Crippen molar-refractivity contribution in [3.05, 3.63) is 88.1 Å². The summed E-state index contributed by atoms with van der Waals surface area (Å²) in [6, 6.07) is 10.9. The molecule has 2 aliphatic rings. The van der Waals surface area contributed by atoms with Crippen molar-refractivity contribution in [2.24, 2.45) is 4.99 Å². The second-order valence-corrected chi connectivity index (χ2v) is 8.69. The van der Waals surface area contributed by atoms with Gasteiger partial charge < -0.3 is 19.7 Å². The van der Waals surface area contributed by atoms with Gasteiger partial charge in [-0.15, -0.1) is 0 Å². The molecule has 2 aromatic rings. The first-order chi connectivity index (χ1) is 17.0. The van der Waals surface area contributed by atoms with Crippen molar-refractivity contribution in [1.82, 2.24) is 15.2 Å². The Morgan fingerprint density at radius 2 is 2.06 bits per heavy atom. The number of pyridine rings is 1. The third-order valence-corrected chi connectivity index (χ3v) is 6.33. The predicted molar refractivity (Wildman–Crippen MR) is 130 cm³/mol. The summed E-state index contributed by atoms with van der Waals surface area (Å²) < 4.78 is 24.6. The monoisotopic (exact) mass is 496 g/mol. The Bertz CT molecular complexity index is 1200. The van der Waals surface area contributed by atoms with Gasteiger partial charge in [-0.3, -0.25) is 9.78 Å². The number of rotatable bonds is 9. The summed E-state index contributed by atoms with van der Waals surface area (Å²) in [7, 11) is 1.52. The van der Waals surface area contributed by atoms with E-state index in [2.05, 4.69) is 15.3 Å². The molecule has 8 nitrogen and oxygen atoms in total. The maximum absolute atomic E-state index is 14.2. The lowest BCUT2D eigenvalue weighted by Crippen LogP contribution is -2.38. The zero-order valence-electron chi connectivity index (χ0n) is 19.4. The summed E-state index contributed by atoms with van der Waals surface area (Å²) in [6.07, 6.45) is 1.72. The van der Waals surface area contributed by atoms with Crippen LogP contribution in [0.5, 0.6) is 0 Å². The molecule has 1 N–H and O–H groups in total. The molecule has 0 bridgehead atoms. The van der Waals surface area contributed by atoms with Gasteiger partial charge in [-0.05, 0) is 42.2 Å². The molecule has 0 spiro atoms. The molecule has 4 rings (SSSR count). The number of hydrogen-bond acceptors (Lipinski definition) is 8. The minimum Gasteiger partial charge on any atom is -0.460 e. The number of methoxy groups -OCH3 is 1. The van der Waals surface area contributed by atoms with E-state index in [1.54, 1.807) is 30.2 Å². The third-order valence-electron chi connectivity index (χ3n) is 5.44. The molecule has 0 aliphatic carbocycles. The molecule has 0 saturated carbocycles. The Labute approximate surface area is 206 Å². The number of esters is 1. The molecule has 1 amide bonds. The highest BCUT2D eigenvalue weighted by Crippen LogP contribution is 2.44. The number of allylic oxidation sites excluding steroid dienone is 1. The summed E-state index contributed by atoms with van der Waals surface area (Å²) in [5.74, 6) is -1.20. The van der Waals surface area contributed by atoms with E-state index in [9.17, 15) is 14.0 Å². The van der Waals surface area contributed by atoms with Crippen molar-refractivity contribution in [3.8, 4) is 0 Å². The standard InChI is InChI=1S/C25H25FN4O4S/c1-16-22(24(32)34-11-10-33-2)23(17-6-5-7-18(26)12-17)30-20(15-35-25(30)29-16)13-21(31)28-14-19-8-3-4-9-27-19/h3-9,12,15,23H,10-11,13-14H2,1-2H3,(H,28,31). The van der Waals surface area contributed by atoms with E-state index in [1.807, 2.05) is 23.6 Å². The lowest BCUT2D eigenvalue weighted by Gasteiger charge is -2.36. The summed E-state index contributed by atoms with van der Waals surface area (Å²) in [4.78, 5) is 36.5. The van der Waals surface area contributed by atoms with Gasteiger partial charge in [0.05, 0.1) is 42.6 Å². The topological polar surface area (TPSA) is 93.1 Å². The van der Waals surface area contributed by atoms with Crippen LogP contribution in [0, 0.1) is 5.82 Å². The molecule has 1 atom stereocenters. The highest BCUT2D eigenvalue weighted by atomic mass is 32.2. The van der Waals surface area contributed by atoms with E-state index in [0.29, 0.717) is 28.7 Å². The number of nitrogens with zero attached hydrogens (tertiary/aromatic N) is 3. The van der Waals surface area contributed by atoms with Crippen LogP contribution >= 0.6 is 11.8 Å². The van der Waals surface area contributed by atoms with Crippen LogP contribution in [0.15, 0.2) is 76.0 Å². The second-order valence-electron chi connectivity index (χ2n) is 7.85. The van der Waals surface area contributed by atoms with Crippen molar-refractivity contribution in [1.29, 1.82) is 0 Å². The number of amidine groups is 1. The van der Waals surface area contributed by atoms with Gasteiger partial charge >= 0.3 is 5.97 Å². The van der Waals surface area contributed by atoms with Gasteiger partial charge in [0.25, 0.3) is 0 Å². The summed E-state index contributed by atoms with van der Waals surface area (Å²) in [5, 5.41) is 5.31. The molecule has 0 fully saturated rings. The van der Waals surface area contributed by atoms with Gasteiger partial charge in [-0.2, -0.15) is 0 Å². The molecular formula is C25H25FN4O4S. The van der Waals surface area contributed by atoms with Gasteiger partial charge in [0.1, 0.15) is 12.4 Å². The number of carbonyl (C=O) groups is 2. The molecule has 2 aliphatic heterocycles. The highest BCUT2D eigenvalue weighted by molar-refractivity contribution is 8.16. The number of benzene rings is 1. The van der Waals surface area contributed by atoms with E-state index < -0.39 is 17.8 Å². The molecule has 1 aromatic heterocycles. The van der Waals surface area contributed by atoms with Gasteiger partial charge in [0.15, 0.2) is 5.17 Å². The van der Waals surface area contributed by atoms with Crippen molar-refractivity contribution in [3.63, 3.8) is 0 Å². The molecule has 182 valence electrons. The Hall–Kier alpha value is -3.50. The first-order valence-corrected chi connectivity index (χ1v) is 11.9. The normalized spacial score (nSPS) is 17.0. The first-order valence-electron chi connectivity index (χ1n) is 11.0. The quantitative estimate of drug-likeness (QED) is 0.418. The Morgan fingerprint density at radius 1 is 1.20 bits per heavy atom. The van der Waals surface area contributed by atoms with E-state index in [0.717, 1.165) is 5.69 Å². The lowest BCUT2D eigenvalue weighted by molar-refractivity contribution is -0.141. The first kappa shape index (κ1) is 24.6. The number of aliphatic imine (C=N–C) groups is 1. The van der Waals surface area contributed by atoms with Crippen LogP contribution in [0.2, 0.25) is 0 Å². The zero-order valence-corrected chi connectivity index (χ0v) is 20.2. The van der Waals surface area contributed by atoms with E-state index in [1.165, 1.54) is 31.0 Å². The molecule has 0 saturated heterocycles. The lowest BCUT2D eigenvalue weighted by atomic mass is 9.93. The van der Waals surface area contributed by atoms with Crippen LogP contribution < -0.4 is 5.32 Å². The number of ether oxygens (including phenoxy) is 2. The number of amides is 1. The number of hydrogen-bond donors (Lipinski definition) is 1. The van der Waals surface area contributed by atoms with Crippen LogP contribution in [-0.2, 0) is 25.6 Å². The second kappa shape index (κ2) is 11.3. The maximum atomic E-state index is 14.2. The van der Waals surface area contributed by atoms with Crippen molar-refractivity contribution < 1.29 is 23.5 Å². The molecule has 1 unspecified atom stereocenters. The zero-order chi connectivity index (χ0) is 24.8. The van der Waals surface area contributed by atoms with Crippen LogP contribution in [0.1, 0.15) is 30.6 Å². The van der Waals surface area contributed by atoms with Crippen LogP contribution in [-0.4, -0.2) is 47.3 Å². The van der Waals surface area contributed by atoms with Gasteiger partial charge in [-0.25, -0.2) is 14.2 Å². The Balaban J connectivity index is 1.59. The average molecular weight is 497 g/mol. The minimum absolute atomic E-state index is 0.0513. The van der Waals surface area contributed by atoms with Crippen LogP contribution in [0.3, 0.4) is 0 Å². The SMILES string of the molecule is COCCOC(=O)C1=C(C)N=C2SC=C(CC(=O)NCc3ccccn3)N2C1c1cccc(F)c1. The molecule has 1 aromatic carbocycles. The summed E-state index contributed by atoms with van der Waals surface area (Å²) in [6.45, 7) is 2.34. The number of thioether (sulfide) groups is 1. The fourth-order valence-electron chi connectivity index (χ4n) is 3.84. The number of aromatic nitrogens is 1. The average Bonchev–Trinajstić information content (AvgIpc) is 3.24. The maximum Gasteiger partial charge on any atom is 0.338 e. The predicted octanol–water partition coefficient (Wildman–Crippen LogP) is 3.69. The van der Waals surface area contributed by atoms with Gasteiger partial charge in [0, 0.05) is 19.0 Å². The van der Waals surface area contributed by atoms with Gasteiger partial charge in [0.2, 0.25) is 5.91 Å². The van der Waals surface area contributed by atoms with Crippen molar-refractivity contribution >= 4 is 28.8 Å². The van der Waals surface area contributed by atoms with Crippen molar-refractivity contribution in [2.75, 3.05) is 20.3 Å². The number of carbonyl (C=O) groups excluding carboxylic acids is 2. The largest absolute Gasteiger partial charge is 0.460 e. The number of nitrogens with one attached hydrogen (secondary N) is 1. The molecule has 0 radical (unpaired) electrons. The van der Waals surface area contributed by atoms with Crippen molar-refractivity contribution in [2.45, 2.75) is 25.9 Å². The summed E-state index contributed by atoms with van der Waals surface area (Å²) in [5.41, 5.74) is 2.72. The fourth-order valence-corrected chi connectivity index (χ4v) is 4.80. The smallest absolute Gasteiger partial charge is 0.338 e. The summed E-state index contributed by atoms with van der Waals surface area (Å²) >= 11 is 1.35.